The number of carbonyl (C=O) groups is 2. The van der Waals surface area contributed by atoms with Crippen molar-refractivity contribution in [2.24, 2.45) is 18.9 Å². The Labute approximate surface area is 207 Å². The van der Waals surface area contributed by atoms with Gasteiger partial charge >= 0.3 is 29.0 Å². The van der Waals surface area contributed by atoms with Crippen molar-refractivity contribution in [1.29, 1.82) is 0 Å². The Morgan fingerprint density at radius 1 is 0.861 bits per heavy atom. The molecule has 36 heavy (non-hydrogen) atoms. The fourth-order valence-corrected chi connectivity index (χ4v) is 5.54. The molecule has 6 rings (SSSR count). The molecule has 198 valence electrons. The lowest BCUT2D eigenvalue weighted by Gasteiger charge is -2.45. The van der Waals surface area contributed by atoms with E-state index in [9.17, 15) is 24.0 Å². The highest BCUT2D eigenvalue weighted by Crippen LogP contribution is 2.40. The number of esters is 2. The Balaban J connectivity index is 1.12. The summed E-state index contributed by atoms with van der Waals surface area (Å²) < 4.78 is 24.4. The zero-order valence-electron chi connectivity index (χ0n) is 20.5. The second-order valence-corrected chi connectivity index (χ2v) is 10.3. The minimum atomic E-state index is -0.795. The Kier molecular flexibility index (Phi) is 7.16. The molecule has 12 heteroatoms. The highest BCUT2D eigenvalue weighted by molar-refractivity contribution is 5.73. The quantitative estimate of drug-likeness (QED) is 0.309. The topological polar surface area (TPSA) is 140 Å². The summed E-state index contributed by atoms with van der Waals surface area (Å²) >= 11 is 0. The van der Waals surface area contributed by atoms with Gasteiger partial charge in [0.15, 0.2) is 0 Å². The first-order valence-electron chi connectivity index (χ1n) is 12.9. The van der Waals surface area contributed by atoms with E-state index in [1.807, 2.05) is 0 Å². The molecule has 2 aliphatic carbocycles. The number of epoxide rings is 1. The van der Waals surface area contributed by atoms with Gasteiger partial charge in [-0.25, -0.2) is 28.1 Å². The summed E-state index contributed by atoms with van der Waals surface area (Å²) in [4.78, 5) is 62.4. The van der Waals surface area contributed by atoms with E-state index in [2.05, 4.69) is 0 Å². The second-order valence-electron chi connectivity index (χ2n) is 10.3. The Hall–Kier alpha value is -2.73. The molecule has 2 bridgehead atoms. The van der Waals surface area contributed by atoms with Crippen LogP contribution in [-0.4, -0.2) is 63.3 Å². The first-order chi connectivity index (χ1) is 17.3. The van der Waals surface area contributed by atoms with E-state index in [-0.39, 0.29) is 56.6 Å². The van der Waals surface area contributed by atoms with Gasteiger partial charge < -0.3 is 18.9 Å². The van der Waals surface area contributed by atoms with Crippen LogP contribution in [0.1, 0.15) is 51.4 Å². The standard InChI is InChI=1S/C24H33N3O9/c1-25-22(30)26(8-2-3-20(28)34-13-14-4-7-17-19(11-14)36-17)24(32)27(23(25)31)9-10-33-21(29)16-6-5-15-12-18(16)35-15/h14-19H,2-13H2,1H3. The van der Waals surface area contributed by atoms with Crippen LogP contribution in [0.2, 0.25) is 0 Å². The molecule has 3 aliphatic heterocycles. The van der Waals surface area contributed by atoms with Gasteiger partial charge in [0.25, 0.3) is 0 Å². The van der Waals surface area contributed by atoms with Gasteiger partial charge in [-0.3, -0.25) is 9.59 Å². The number of hydrogen-bond donors (Lipinski definition) is 0. The van der Waals surface area contributed by atoms with Crippen molar-refractivity contribution >= 4 is 11.9 Å². The molecule has 1 aromatic heterocycles. The predicted octanol–water partition coefficient (Wildman–Crippen LogP) is -0.290. The summed E-state index contributed by atoms with van der Waals surface area (Å²) in [7, 11) is 1.28. The first kappa shape index (κ1) is 24.9. The average Bonchev–Trinajstić information content (AvgIpc) is 3.64. The summed E-state index contributed by atoms with van der Waals surface area (Å²) in [5.41, 5.74) is -2.34. The molecule has 0 aromatic carbocycles. The molecule has 6 atom stereocenters. The largest absolute Gasteiger partial charge is 0.465 e. The van der Waals surface area contributed by atoms with Gasteiger partial charge in [0.1, 0.15) is 6.61 Å². The number of aromatic nitrogens is 3. The van der Waals surface area contributed by atoms with Gasteiger partial charge in [-0.15, -0.1) is 0 Å². The molecule has 0 amide bonds. The third-order valence-electron chi connectivity index (χ3n) is 7.83. The van der Waals surface area contributed by atoms with E-state index >= 15 is 0 Å². The first-order valence-corrected chi connectivity index (χ1v) is 12.9. The summed E-state index contributed by atoms with van der Waals surface area (Å²) in [5, 5.41) is 0. The van der Waals surface area contributed by atoms with Crippen molar-refractivity contribution < 1.29 is 28.5 Å². The molecule has 1 aromatic rings. The van der Waals surface area contributed by atoms with Crippen molar-refractivity contribution in [3.8, 4) is 0 Å². The van der Waals surface area contributed by atoms with E-state index in [1.54, 1.807) is 0 Å². The van der Waals surface area contributed by atoms with Gasteiger partial charge in [0.2, 0.25) is 0 Å². The zero-order valence-corrected chi connectivity index (χ0v) is 20.5. The van der Waals surface area contributed by atoms with Crippen LogP contribution in [0.25, 0.3) is 0 Å². The second kappa shape index (κ2) is 10.3. The van der Waals surface area contributed by atoms with Crippen molar-refractivity contribution in [3.05, 3.63) is 31.5 Å². The van der Waals surface area contributed by atoms with Crippen LogP contribution in [0.4, 0.5) is 0 Å². The molecule has 2 saturated carbocycles. The maximum Gasteiger partial charge on any atom is 0.336 e. The van der Waals surface area contributed by atoms with Crippen molar-refractivity contribution in [3.63, 3.8) is 0 Å². The molecule has 0 radical (unpaired) electrons. The number of rotatable bonds is 10. The Morgan fingerprint density at radius 3 is 2.31 bits per heavy atom. The van der Waals surface area contributed by atoms with Gasteiger partial charge in [-0.1, -0.05) is 0 Å². The van der Waals surface area contributed by atoms with Crippen molar-refractivity contribution in [2.75, 3.05) is 13.2 Å². The number of hydrogen-bond acceptors (Lipinski definition) is 9. The van der Waals surface area contributed by atoms with Crippen LogP contribution in [-0.2, 0) is 48.7 Å². The molecule has 12 nitrogen and oxygen atoms in total. The highest BCUT2D eigenvalue weighted by atomic mass is 16.6. The van der Waals surface area contributed by atoms with Gasteiger partial charge in [0, 0.05) is 26.4 Å². The van der Waals surface area contributed by atoms with Crippen LogP contribution >= 0.6 is 0 Å². The monoisotopic (exact) mass is 507 g/mol. The normalized spacial score (nSPS) is 30.1. The number of fused-ring (bicyclic) bond motifs is 3. The Bertz CT molecular complexity index is 1180. The predicted molar refractivity (Wildman–Crippen MR) is 123 cm³/mol. The average molecular weight is 508 g/mol. The summed E-state index contributed by atoms with van der Waals surface area (Å²) in [6.45, 7) is -0.0264. The van der Waals surface area contributed by atoms with E-state index in [4.69, 9.17) is 18.9 Å². The fourth-order valence-electron chi connectivity index (χ4n) is 5.54. The van der Waals surface area contributed by atoms with Crippen molar-refractivity contribution in [2.45, 2.75) is 88.9 Å². The van der Waals surface area contributed by atoms with Gasteiger partial charge in [-0.05, 0) is 44.4 Å². The molecule has 4 heterocycles. The van der Waals surface area contributed by atoms with Gasteiger partial charge in [0.05, 0.1) is 43.5 Å². The van der Waals surface area contributed by atoms with Crippen LogP contribution in [0, 0.1) is 11.8 Å². The number of nitrogens with zero attached hydrogens (tertiary/aromatic N) is 3. The summed E-state index contributed by atoms with van der Waals surface area (Å²) in [6, 6.07) is 0. The molecule has 0 N–H and O–H groups in total. The van der Waals surface area contributed by atoms with Crippen LogP contribution in [0.15, 0.2) is 14.4 Å². The lowest BCUT2D eigenvalue weighted by Crippen LogP contribution is -2.54. The summed E-state index contributed by atoms with van der Waals surface area (Å²) in [5.74, 6) is -0.794. The fraction of sp³-hybridized carbons (Fsp3) is 0.792. The highest BCUT2D eigenvalue weighted by Gasteiger charge is 2.45. The van der Waals surface area contributed by atoms with Crippen LogP contribution < -0.4 is 17.1 Å². The number of ether oxygens (including phenoxy) is 4. The molecular formula is C24H33N3O9. The van der Waals surface area contributed by atoms with E-state index < -0.39 is 23.0 Å². The number of carbonyl (C=O) groups excluding carboxylic acids is 2. The molecule has 5 aliphatic rings. The van der Waals surface area contributed by atoms with E-state index in [0.29, 0.717) is 31.2 Å². The SMILES string of the molecule is Cn1c(=O)n(CCCC(=O)OCC2CCC3OC3C2)c(=O)n(CCOC(=O)C2CCC3CC2O3)c1=O. The maximum absolute atomic E-state index is 12.9. The molecule has 0 spiro atoms. The minimum Gasteiger partial charge on any atom is -0.465 e. The molecule has 6 unspecified atom stereocenters. The van der Waals surface area contributed by atoms with Crippen molar-refractivity contribution in [1.82, 2.24) is 13.7 Å². The summed E-state index contributed by atoms with van der Waals surface area (Å²) in [6.07, 6.45) is 6.40. The zero-order chi connectivity index (χ0) is 25.4. The van der Waals surface area contributed by atoms with Crippen LogP contribution in [0.5, 0.6) is 0 Å². The van der Waals surface area contributed by atoms with Gasteiger partial charge in [-0.2, -0.15) is 0 Å². The third-order valence-corrected chi connectivity index (χ3v) is 7.83. The minimum absolute atomic E-state index is 0.0377. The molecular weight excluding hydrogens is 474 g/mol. The maximum atomic E-state index is 12.9. The smallest absolute Gasteiger partial charge is 0.336 e. The van der Waals surface area contributed by atoms with E-state index in [1.165, 1.54) is 7.05 Å². The Morgan fingerprint density at radius 2 is 1.61 bits per heavy atom. The molecule has 3 saturated heterocycles. The molecule has 5 fully saturated rings. The van der Waals surface area contributed by atoms with E-state index in [0.717, 1.165) is 45.8 Å². The third kappa shape index (κ3) is 5.19. The van der Waals surface area contributed by atoms with Crippen LogP contribution in [0.3, 0.4) is 0 Å². The lowest BCUT2D eigenvalue weighted by atomic mass is 9.80. The lowest BCUT2D eigenvalue weighted by molar-refractivity contribution is -0.201.